The van der Waals surface area contributed by atoms with Crippen molar-refractivity contribution in [3.8, 4) is 0 Å². The number of fused-ring (bicyclic) bond motifs is 1. The number of hydrogen-bond acceptors (Lipinski definition) is 9. The largest absolute Gasteiger partial charge is 0.349 e. The van der Waals surface area contributed by atoms with Crippen LogP contribution in [0.3, 0.4) is 0 Å². The van der Waals surface area contributed by atoms with Crippen LogP contribution >= 0.6 is 0 Å². The number of carbonyl (C=O) groups excluding carboxylic acids is 3. The van der Waals surface area contributed by atoms with E-state index in [0.29, 0.717) is 46.7 Å². The van der Waals surface area contributed by atoms with Gasteiger partial charge in [-0.15, -0.1) is 0 Å². The Hall–Kier alpha value is -3.57. The van der Waals surface area contributed by atoms with Crippen molar-refractivity contribution in [3.05, 3.63) is 35.5 Å². The van der Waals surface area contributed by atoms with Gasteiger partial charge in [0, 0.05) is 69.0 Å². The molecule has 0 unspecified atom stereocenters. The van der Waals surface area contributed by atoms with Crippen molar-refractivity contribution in [1.82, 2.24) is 25.1 Å². The Morgan fingerprint density at radius 1 is 1.07 bits per heavy atom. The van der Waals surface area contributed by atoms with E-state index in [2.05, 4.69) is 25.4 Å². The van der Waals surface area contributed by atoms with Crippen LogP contribution in [0.1, 0.15) is 86.4 Å². The molecule has 6 rings (SSSR count). The second kappa shape index (κ2) is 13.4. The smallest absolute Gasteiger partial charge is 0.251 e. The quantitative estimate of drug-likeness (QED) is 0.382. The van der Waals surface area contributed by atoms with Crippen molar-refractivity contribution in [3.63, 3.8) is 0 Å². The maximum atomic E-state index is 13.2. The molecule has 2 amide bonds. The molecule has 1 saturated heterocycles. The van der Waals surface area contributed by atoms with Crippen LogP contribution in [0.4, 0.5) is 23.1 Å². The molecule has 11 heteroatoms. The molecule has 2 N–H and O–H groups in total. The first-order chi connectivity index (χ1) is 21.7. The topological polar surface area (TPSA) is 114 Å². The molecule has 1 atom stereocenters. The summed E-state index contributed by atoms with van der Waals surface area (Å²) < 4.78 is 0. The van der Waals surface area contributed by atoms with E-state index in [-0.39, 0.29) is 29.9 Å². The average molecular weight is 617 g/mol. The van der Waals surface area contributed by atoms with Gasteiger partial charge in [-0.25, -0.2) is 4.98 Å². The lowest BCUT2D eigenvalue weighted by atomic mass is 9.89. The van der Waals surface area contributed by atoms with Gasteiger partial charge in [0.25, 0.3) is 5.91 Å². The van der Waals surface area contributed by atoms with E-state index in [1.165, 1.54) is 32.5 Å². The summed E-state index contributed by atoms with van der Waals surface area (Å²) in [5.41, 5.74) is 1.97. The van der Waals surface area contributed by atoms with E-state index in [1.54, 1.807) is 36.3 Å². The van der Waals surface area contributed by atoms with Crippen LogP contribution < -0.4 is 20.4 Å². The number of nitrogens with zero attached hydrogens (tertiary/aromatic N) is 6. The Morgan fingerprint density at radius 2 is 1.80 bits per heavy atom. The van der Waals surface area contributed by atoms with E-state index in [4.69, 9.17) is 4.98 Å². The van der Waals surface area contributed by atoms with Gasteiger partial charge in [0.1, 0.15) is 11.7 Å². The summed E-state index contributed by atoms with van der Waals surface area (Å²) >= 11 is 0. The van der Waals surface area contributed by atoms with E-state index >= 15 is 0 Å². The number of amides is 2. The van der Waals surface area contributed by atoms with Gasteiger partial charge in [-0.05, 0) is 82.9 Å². The highest BCUT2D eigenvalue weighted by Gasteiger charge is 2.38. The Morgan fingerprint density at radius 3 is 2.44 bits per heavy atom. The second-order valence-electron chi connectivity index (χ2n) is 13.5. The summed E-state index contributed by atoms with van der Waals surface area (Å²) in [7, 11) is 1.75. The van der Waals surface area contributed by atoms with Gasteiger partial charge in [-0.2, -0.15) is 4.98 Å². The number of anilines is 4. The molecule has 2 aliphatic carbocycles. The third kappa shape index (κ3) is 6.84. The molecule has 2 aromatic rings. The summed E-state index contributed by atoms with van der Waals surface area (Å²) in [4.78, 5) is 56.4. The highest BCUT2D eigenvalue weighted by atomic mass is 16.2. The van der Waals surface area contributed by atoms with Crippen LogP contribution in [0.25, 0.3) is 0 Å². The molecule has 0 bridgehead atoms. The van der Waals surface area contributed by atoms with Crippen molar-refractivity contribution < 1.29 is 14.4 Å². The first-order valence-electron chi connectivity index (χ1n) is 16.8. The molecule has 3 heterocycles. The molecule has 11 nitrogen and oxygen atoms in total. The minimum Gasteiger partial charge on any atom is -0.349 e. The lowest BCUT2D eigenvalue weighted by Crippen LogP contribution is -2.54. The zero-order valence-electron chi connectivity index (χ0n) is 27.2. The lowest BCUT2D eigenvalue weighted by molar-refractivity contribution is -0.120. The van der Waals surface area contributed by atoms with E-state index in [0.717, 1.165) is 51.0 Å². The Kier molecular flexibility index (Phi) is 9.37. The summed E-state index contributed by atoms with van der Waals surface area (Å²) in [5.74, 6) is 1.81. The van der Waals surface area contributed by atoms with Crippen molar-refractivity contribution in [2.75, 3.05) is 54.9 Å². The van der Waals surface area contributed by atoms with Crippen molar-refractivity contribution >= 4 is 41.2 Å². The van der Waals surface area contributed by atoms with Gasteiger partial charge in [0.05, 0.1) is 11.9 Å². The van der Waals surface area contributed by atoms with Gasteiger partial charge in [-0.3, -0.25) is 19.3 Å². The minimum atomic E-state index is -0.309. The Labute approximate surface area is 266 Å². The first-order valence-corrected chi connectivity index (χ1v) is 16.8. The monoisotopic (exact) mass is 616 g/mol. The molecule has 1 aromatic heterocycles. The maximum Gasteiger partial charge on any atom is 0.251 e. The summed E-state index contributed by atoms with van der Waals surface area (Å²) in [6.45, 7) is 12.0. The number of piperazine rings is 1. The molecule has 2 saturated carbocycles. The Balaban J connectivity index is 1.06. The number of benzene rings is 1. The molecular formula is C34H48N8O3. The van der Waals surface area contributed by atoms with Gasteiger partial charge >= 0.3 is 0 Å². The number of rotatable bonds is 10. The average Bonchev–Trinajstić information content (AvgIpc) is 3.87. The summed E-state index contributed by atoms with van der Waals surface area (Å²) in [6.07, 6.45) is 10.0. The predicted octanol–water partition coefficient (Wildman–Crippen LogP) is 4.07. The van der Waals surface area contributed by atoms with Crippen LogP contribution in [-0.4, -0.2) is 102 Å². The molecule has 2 aliphatic heterocycles. The number of aromatic nitrogens is 2. The zero-order chi connectivity index (χ0) is 31.7. The van der Waals surface area contributed by atoms with Crippen LogP contribution in [0.2, 0.25) is 0 Å². The summed E-state index contributed by atoms with van der Waals surface area (Å²) in [6, 6.07) is 5.58. The fourth-order valence-electron chi connectivity index (χ4n) is 7.30. The van der Waals surface area contributed by atoms with Gasteiger partial charge in [-0.1, -0.05) is 6.92 Å². The van der Waals surface area contributed by atoms with Crippen molar-refractivity contribution in [1.29, 1.82) is 0 Å². The molecular weight excluding hydrogens is 568 g/mol. The third-order valence-electron chi connectivity index (χ3n) is 10.1. The highest BCUT2D eigenvalue weighted by molar-refractivity contribution is 6.04. The van der Waals surface area contributed by atoms with E-state index in [1.807, 2.05) is 25.7 Å². The fourth-order valence-corrected chi connectivity index (χ4v) is 7.30. The first kappa shape index (κ1) is 31.4. The number of hydrogen-bond donors (Lipinski definition) is 2. The molecule has 242 valence electrons. The van der Waals surface area contributed by atoms with E-state index in [9.17, 15) is 14.4 Å². The maximum absolute atomic E-state index is 13.2. The van der Waals surface area contributed by atoms with Gasteiger partial charge in [0.2, 0.25) is 11.9 Å². The van der Waals surface area contributed by atoms with Crippen LogP contribution in [-0.2, 0) is 4.79 Å². The number of carbonyl (C=O) groups is 3. The van der Waals surface area contributed by atoms with Gasteiger partial charge < -0.3 is 25.3 Å². The third-order valence-corrected chi connectivity index (χ3v) is 10.1. The summed E-state index contributed by atoms with van der Waals surface area (Å²) in [5, 5.41) is 6.38. The normalized spacial score (nSPS) is 24.5. The van der Waals surface area contributed by atoms with Gasteiger partial charge in [0.15, 0.2) is 12.1 Å². The molecule has 4 aliphatic rings. The molecule has 0 spiro atoms. The SMILES string of the molecule is CC[C@@H]1C(=O)N(C)c2cnc(Nc3ccc(C(=O)NC4CCC(N5CCN(CC6CC6)CC5)CC4)cc3C=O)nc2N1C(C)C. The molecule has 45 heavy (non-hydrogen) atoms. The molecule has 3 fully saturated rings. The standard InChI is InChI=1S/C34H48N8O3/c1-5-29-33(45)39(4)30-19-35-34(38-31(30)42(29)22(2)3)37-28-13-8-24(18-25(28)21-43)32(44)36-26-9-11-27(12-10-26)41-16-14-40(15-17-41)20-23-6-7-23/h8,13,18-19,21-23,26-27,29H,5-7,9-12,14-17,20H2,1-4H3,(H,36,44)(H,35,37,38)/t26?,27?,29-/m1/s1. The van der Waals surface area contributed by atoms with Crippen LogP contribution in [0.5, 0.6) is 0 Å². The van der Waals surface area contributed by atoms with Crippen LogP contribution in [0, 0.1) is 5.92 Å². The highest BCUT2D eigenvalue weighted by Crippen LogP contribution is 2.37. The lowest BCUT2D eigenvalue weighted by Gasteiger charge is -2.42. The molecule has 0 radical (unpaired) electrons. The zero-order valence-corrected chi connectivity index (χ0v) is 27.2. The number of nitrogens with one attached hydrogen (secondary N) is 2. The molecule has 1 aromatic carbocycles. The minimum absolute atomic E-state index is 0.0191. The van der Waals surface area contributed by atoms with Crippen LogP contribution in [0.15, 0.2) is 24.4 Å². The van der Waals surface area contributed by atoms with E-state index < -0.39 is 0 Å². The van der Waals surface area contributed by atoms with Crippen molar-refractivity contribution in [2.45, 2.75) is 89.9 Å². The second-order valence-corrected chi connectivity index (χ2v) is 13.5. The predicted molar refractivity (Wildman–Crippen MR) is 176 cm³/mol. The Bertz CT molecular complexity index is 1400. The number of likely N-dealkylation sites (N-methyl/N-ethyl adjacent to an activating group) is 1. The number of aldehydes is 1. The van der Waals surface area contributed by atoms with Crippen molar-refractivity contribution in [2.24, 2.45) is 5.92 Å². The fraction of sp³-hybridized carbons (Fsp3) is 0.618.